The van der Waals surface area contributed by atoms with Crippen molar-refractivity contribution in [2.75, 3.05) is 47.0 Å². The van der Waals surface area contributed by atoms with Crippen molar-refractivity contribution in [3.8, 4) is 0 Å². The average molecular weight is 244 g/mol. The van der Waals surface area contributed by atoms with Crippen LogP contribution in [0.3, 0.4) is 0 Å². The predicted octanol–water partition coefficient (Wildman–Crippen LogP) is 1.11. The molecule has 0 spiro atoms. The maximum atomic E-state index is 5.58. The highest BCUT2D eigenvalue weighted by Gasteiger charge is 2.15. The van der Waals surface area contributed by atoms with E-state index in [1.807, 2.05) is 0 Å². The van der Waals surface area contributed by atoms with Crippen molar-refractivity contribution in [2.45, 2.75) is 38.3 Å². The molecule has 0 radical (unpaired) electrons. The summed E-state index contributed by atoms with van der Waals surface area (Å²) in [4.78, 5) is 2.38. The van der Waals surface area contributed by atoms with Gasteiger partial charge >= 0.3 is 0 Å². The molecule has 0 aromatic heterocycles. The molecule has 0 amide bonds. The van der Waals surface area contributed by atoms with Crippen LogP contribution in [0, 0.1) is 0 Å². The first-order valence-electron chi connectivity index (χ1n) is 6.75. The maximum absolute atomic E-state index is 5.58. The van der Waals surface area contributed by atoms with Crippen LogP contribution in [-0.4, -0.2) is 64.1 Å². The monoisotopic (exact) mass is 244 g/mol. The Balaban J connectivity index is 2.00. The number of hydrogen-bond donors (Lipinski definition) is 1. The molecule has 0 aliphatic carbocycles. The number of ether oxygens (including phenoxy) is 2. The van der Waals surface area contributed by atoms with Crippen LogP contribution in [0.4, 0.5) is 0 Å². The Bertz CT molecular complexity index is 184. The van der Waals surface area contributed by atoms with Gasteiger partial charge in [-0.25, -0.2) is 0 Å². The van der Waals surface area contributed by atoms with Gasteiger partial charge in [-0.2, -0.15) is 0 Å². The van der Waals surface area contributed by atoms with Gasteiger partial charge in [-0.3, -0.25) is 0 Å². The highest BCUT2D eigenvalue weighted by atomic mass is 16.5. The third-order valence-corrected chi connectivity index (χ3v) is 3.45. The summed E-state index contributed by atoms with van der Waals surface area (Å²) in [5, 5.41) is 3.50. The van der Waals surface area contributed by atoms with Crippen molar-refractivity contribution in [2.24, 2.45) is 0 Å². The Hall–Kier alpha value is -0.160. The van der Waals surface area contributed by atoms with E-state index >= 15 is 0 Å². The van der Waals surface area contributed by atoms with E-state index in [-0.39, 0.29) is 0 Å². The quantitative estimate of drug-likeness (QED) is 0.616. The summed E-state index contributed by atoms with van der Waals surface area (Å²) >= 11 is 0. The number of likely N-dealkylation sites (N-methyl/N-ethyl adjacent to an activating group) is 1. The van der Waals surface area contributed by atoms with Crippen molar-refractivity contribution in [3.05, 3.63) is 0 Å². The molecular formula is C13H28N2O2. The number of hydrogen-bond acceptors (Lipinski definition) is 4. The molecule has 0 aromatic carbocycles. The molecule has 0 aromatic rings. The summed E-state index contributed by atoms with van der Waals surface area (Å²) < 4.78 is 10.6. The number of nitrogens with zero attached hydrogens (tertiary/aromatic N) is 1. The van der Waals surface area contributed by atoms with E-state index in [2.05, 4.69) is 24.2 Å². The molecule has 1 aliphatic heterocycles. The molecule has 1 N–H and O–H groups in total. The Morgan fingerprint density at radius 3 is 3.00 bits per heavy atom. The SMILES string of the molecule is COCCCN(C)C(C)CNCC1CCCO1. The molecule has 1 heterocycles. The van der Waals surface area contributed by atoms with E-state index in [9.17, 15) is 0 Å². The molecule has 0 saturated carbocycles. The van der Waals surface area contributed by atoms with E-state index in [0.717, 1.165) is 39.3 Å². The Morgan fingerprint density at radius 1 is 1.53 bits per heavy atom. The van der Waals surface area contributed by atoms with Gasteiger partial charge in [0.1, 0.15) is 0 Å². The maximum Gasteiger partial charge on any atom is 0.0700 e. The van der Waals surface area contributed by atoms with Crippen LogP contribution >= 0.6 is 0 Å². The molecule has 0 bridgehead atoms. The van der Waals surface area contributed by atoms with Crippen molar-refractivity contribution < 1.29 is 9.47 Å². The van der Waals surface area contributed by atoms with E-state index in [0.29, 0.717) is 12.1 Å². The molecule has 4 nitrogen and oxygen atoms in total. The van der Waals surface area contributed by atoms with Crippen LogP contribution in [-0.2, 0) is 9.47 Å². The van der Waals surface area contributed by atoms with E-state index in [1.165, 1.54) is 12.8 Å². The molecule has 1 rings (SSSR count). The van der Waals surface area contributed by atoms with Crippen LogP contribution in [0.15, 0.2) is 0 Å². The average Bonchev–Trinajstić information content (AvgIpc) is 2.82. The van der Waals surface area contributed by atoms with Crippen molar-refractivity contribution in [3.63, 3.8) is 0 Å². The summed E-state index contributed by atoms with van der Waals surface area (Å²) in [6.07, 6.45) is 3.98. The first-order chi connectivity index (χ1) is 8.24. The van der Waals surface area contributed by atoms with E-state index in [1.54, 1.807) is 7.11 Å². The molecule has 1 saturated heterocycles. The zero-order chi connectivity index (χ0) is 12.5. The summed E-state index contributed by atoms with van der Waals surface area (Å²) in [7, 11) is 3.93. The fraction of sp³-hybridized carbons (Fsp3) is 1.00. The van der Waals surface area contributed by atoms with Crippen LogP contribution in [0.5, 0.6) is 0 Å². The predicted molar refractivity (Wildman–Crippen MR) is 70.4 cm³/mol. The summed E-state index contributed by atoms with van der Waals surface area (Å²) in [6, 6.07) is 0.563. The molecule has 102 valence electrons. The minimum atomic E-state index is 0.445. The van der Waals surface area contributed by atoms with Crippen LogP contribution in [0.2, 0.25) is 0 Å². The molecule has 2 unspecified atom stereocenters. The second-order valence-electron chi connectivity index (χ2n) is 4.97. The van der Waals surface area contributed by atoms with Crippen LogP contribution in [0.1, 0.15) is 26.2 Å². The smallest absolute Gasteiger partial charge is 0.0700 e. The van der Waals surface area contributed by atoms with Crippen LogP contribution < -0.4 is 5.32 Å². The van der Waals surface area contributed by atoms with Crippen molar-refractivity contribution in [1.29, 1.82) is 0 Å². The molecular weight excluding hydrogens is 216 g/mol. The minimum Gasteiger partial charge on any atom is -0.385 e. The third-order valence-electron chi connectivity index (χ3n) is 3.45. The van der Waals surface area contributed by atoms with Gasteiger partial charge in [0.05, 0.1) is 6.10 Å². The standard InChI is InChI=1S/C13H28N2O2/c1-12(15(2)7-5-8-16-3)10-14-11-13-6-4-9-17-13/h12-14H,4-11H2,1-3H3. The fourth-order valence-corrected chi connectivity index (χ4v) is 2.09. The van der Waals surface area contributed by atoms with Gasteiger partial charge < -0.3 is 19.7 Å². The topological polar surface area (TPSA) is 33.7 Å². The van der Waals surface area contributed by atoms with Gasteiger partial charge in [-0.15, -0.1) is 0 Å². The van der Waals surface area contributed by atoms with Gasteiger partial charge in [0.15, 0.2) is 0 Å². The second-order valence-corrected chi connectivity index (χ2v) is 4.97. The van der Waals surface area contributed by atoms with Crippen LogP contribution in [0.25, 0.3) is 0 Å². The normalized spacial score (nSPS) is 22.2. The lowest BCUT2D eigenvalue weighted by atomic mass is 10.2. The highest BCUT2D eigenvalue weighted by molar-refractivity contribution is 4.71. The number of methoxy groups -OCH3 is 1. The molecule has 17 heavy (non-hydrogen) atoms. The van der Waals surface area contributed by atoms with Crippen molar-refractivity contribution >= 4 is 0 Å². The minimum absolute atomic E-state index is 0.445. The first-order valence-corrected chi connectivity index (χ1v) is 6.75. The summed E-state index contributed by atoms with van der Waals surface area (Å²) in [6.45, 7) is 7.17. The lowest BCUT2D eigenvalue weighted by Gasteiger charge is -2.25. The zero-order valence-electron chi connectivity index (χ0n) is 11.6. The van der Waals surface area contributed by atoms with E-state index < -0.39 is 0 Å². The second kappa shape index (κ2) is 8.86. The summed E-state index contributed by atoms with van der Waals surface area (Å²) in [5.74, 6) is 0. The van der Waals surface area contributed by atoms with Gasteiger partial charge in [0.25, 0.3) is 0 Å². The molecule has 1 fully saturated rings. The molecule has 1 aliphatic rings. The van der Waals surface area contributed by atoms with Gasteiger partial charge in [0, 0.05) is 46.0 Å². The Morgan fingerprint density at radius 2 is 2.35 bits per heavy atom. The molecule has 4 heteroatoms. The fourth-order valence-electron chi connectivity index (χ4n) is 2.09. The van der Waals surface area contributed by atoms with E-state index in [4.69, 9.17) is 9.47 Å². The number of rotatable bonds is 9. The number of nitrogens with one attached hydrogen (secondary N) is 1. The Labute approximate surface area is 106 Å². The third kappa shape index (κ3) is 6.36. The van der Waals surface area contributed by atoms with Crippen molar-refractivity contribution in [1.82, 2.24) is 10.2 Å². The Kier molecular flexibility index (Phi) is 7.77. The van der Waals surface area contributed by atoms with Gasteiger partial charge in [-0.1, -0.05) is 0 Å². The lowest BCUT2D eigenvalue weighted by molar-refractivity contribution is 0.107. The first kappa shape index (κ1) is 14.9. The van der Waals surface area contributed by atoms with Gasteiger partial charge in [-0.05, 0) is 33.2 Å². The summed E-state index contributed by atoms with van der Waals surface area (Å²) in [5.41, 5.74) is 0. The lowest BCUT2D eigenvalue weighted by Crippen LogP contribution is -2.40. The molecule has 2 atom stereocenters. The van der Waals surface area contributed by atoms with Gasteiger partial charge in [0.2, 0.25) is 0 Å². The highest BCUT2D eigenvalue weighted by Crippen LogP contribution is 2.10. The largest absolute Gasteiger partial charge is 0.385 e. The zero-order valence-corrected chi connectivity index (χ0v) is 11.6.